The Labute approximate surface area is 115 Å². The van der Waals surface area contributed by atoms with Gasteiger partial charge >= 0.3 is 0 Å². The molecule has 1 N–H and O–H groups in total. The van der Waals surface area contributed by atoms with Crippen LogP contribution in [0.4, 0.5) is 4.39 Å². The zero-order chi connectivity index (χ0) is 13.4. The van der Waals surface area contributed by atoms with Crippen LogP contribution in [0.1, 0.15) is 36.8 Å². The number of hydrogen-bond acceptors (Lipinski definition) is 2. The molecule has 1 aromatic carbocycles. The monoisotopic (exact) mass is 262 g/mol. The average Bonchev–Trinajstić information content (AvgIpc) is 2.72. The van der Waals surface area contributed by atoms with Gasteiger partial charge in [0.1, 0.15) is 5.82 Å². The summed E-state index contributed by atoms with van der Waals surface area (Å²) >= 11 is 0. The number of hydrogen-bond donors (Lipinski definition) is 1. The minimum Gasteiger partial charge on any atom is -0.311 e. The summed E-state index contributed by atoms with van der Waals surface area (Å²) < 4.78 is 13.3. The highest BCUT2D eigenvalue weighted by Gasteiger charge is 2.34. The molecule has 2 atom stereocenters. The minimum absolute atomic E-state index is 0.105. The number of benzene rings is 1. The van der Waals surface area contributed by atoms with Gasteiger partial charge in [0.25, 0.3) is 0 Å². The Bertz CT molecular complexity index is 448. The van der Waals surface area contributed by atoms with Crippen molar-refractivity contribution in [1.82, 2.24) is 10.2 Å². The first-order valence-electron chi connectivity index (χ1n) is 7.33. The molecule has 3 heteroatoms. The Morgan fingerprint density at radius 3 is 2.58 bits per heavy atom. The summed E-state index contributed by atoms with van der Waals surface area (Å²) in [5.41, 5.74) is 1.96. The van der Waals surface area contributed by atoms with Crippen molar-refractivity contribution in [2.24, 2.45) is 0 Å². The molecule has 1 aromatic rings. The summed E-state index contributed by atoms with van der Waals surface area (Å²) in [6.45, 7) is 2.76. The number of rotatable bonds is 3. The lowest BCUT2D eigenvalue weighted by Crippen LogP contribution is -2.46. The predicted octanol–water partition coefficient (Wildman–Crippen LogP) is 2.85. The third kappa shape index (κ3) is 2.82. The van der Waals surface area contributed by atoms with Crippen LogP contribution in [-0.2, 0) is 6.54 Å². The number of aryl methyl sites for hydroxylation is 1. The summed E-state index contributed by atoms with van der Waals surface area (Å²) in [6, 6.07) is 7.59. The summed E-state index contributed by atoms with van der Waals surface area (Å²) in [7, 11) is 2.20. The van der Waals surface area contributed by atoms with Gasteiger partial charge in [0.05, 0.1) is 0 Å². The van der Waals surface area contributed by atoms with Gasteiger partial charge in [0.2, 0.25) is 0 Å². The molecule has 2 bridgehead atoms. The van der Waals surface area contributed by atoms with Gasteiger partial charge in [-0.05, 0) is 56.8 Å². The Hall–Kier alpha value is -0.930. The van der Waals surface area contributed by atoms with Gasteiger partial charge < -0.3 is 5.32 Å². The number of nitrogens with zero attached hydrogens (tertiary/aromatic N) is 1. The number of nitrogens with one attached hydrogen (secondary N) is 1. The van der Waals surface area contributed by atoms with Crippen molar-refractivity contribution in [3.8, 4) is 0 Å². The third-order valence-electron chi connectivity index (χ3n) is 4.73. The van der Waals surface area contributed by atoms with Gasteiger partial charge in [-0.25, -0.2) is 4.39 Å². The van der Waals surface area contributed by atoms with Crippen LogP contribution in [0.15, 0.2) is 18.2 Å². The molecule has 0 aliphatic carbocycles. The molecule has 0 amide bonds. The standard InChI is InChI=1S/C16H23FN2/c1-11-7-12(3-6-16(11)17)10-19(2)15-8-13-4-5-14(9-15)18-13/h3,6-7,13-15,18H,4-5,8-10H2,1-2H3. The smallest absolute Gasteiger partial charge is 0.126 e. The second kappa shape index (κ2) is 5.22. The van der Waals surface area contributed by atoms with Gasteiger partial charge in [-0.3, -0.25) is 4.90 Å². The van der Waals surface area contributed by atoms with Crippen LogP contribution in [0.5, 0.6) is 0 Å². The van der Waals surface area contributed by atoms with Crippen molar-refractivity contribution in [1.29, 1.82) is 0 Å². The van der Waals surface area contributed by atoms with Crippen LogP contribution in [0, 0.1) is 12.7 Å². The average molecular weight is 262 g/mol. The lowest BCUT2D eigenvalue weighted by atomic mass is 9.98. The summed E-state index contributed by atoms with van der Waals surface area (Å²) in [4.78, 5) is 2.44. The van der Waals surface area contributed by atoms with E-state index in [9.17, 15) is 4.39 Å². The van der Waals surface area contributed by atoms with Gasteiger partial charge in [-0.2, -0.15) is 0 Å². The van der Waals surface area contributed by atoms with Crippen molar-refractivity contribution in [3.63, 3.8) is 0 Å². The molecule has 2 aliphatic heterocycles. The molecule has 19 heavy (non-hydrogen) atoms. The van der Waals surface area contributed by atoms with Crippen molar-refractivity contribution >= 4 is 0 Å². The largest absolute Gasteiger partial charge is 0.311 e. The second-order valence-corrected chi connectivity index (χ2v) is 6.26. The lowest BCUT2D eigenvalue weighted by Gasteiger charge is -2.35. The molecule has 3 rings (SSSR count). The predicted molar refractivity (Wildman–Crippen MR) is 75.6 cm³/mol. The van der Waals surface area contributed by atoms with E-state index < -0.39 is 0 Å². The fourth-order valence-electron chi connectivity index (χ4n) is 3.61. The molecule has 2 heterocycles. The Morgan fingerprint density at radius 1 is 1.26 bits per heavy atom. The maximum absolute atomic E-state index is 13.3. The van der Waals surface area contributed by atoms with Crippen LogP contribution in [0.3, 0.4) is 0 Å². The third-order valence-corrected chi connectivity index (χ3v) is 4.73. The highest BCUT2D eigenvalue weighted by atomic mass is 19.1. The van der Waals surface area contributed by atoms with Crippen molar-refractivity contribution in [2.75, 3.05) is 7.05 Å². The van der Waals surface area contributed by atoms with Gasteiger partial charge in [-0.1, -0.05) is 12.1 Å². The van der Waals surface area contributed by atoms with E-state index >= 15 is 0 Å². The molecule has 0 spiro atoms. The number of piperidine rings is 1. The maximum Gasteiger partial charge on any atom is 0.126 e. The second-order valence-electron chi connectivity index (χ2n) is 6.26. The zero-order valence-corrected chi connectivity index (χ0v) is 11.8. The van der Waals surface area contributed by atoms with Crippen molar-refractivity contribution in [2.45, 2.75) is 57.3 Å². The Morgan fingerprint density at radius 2 is 1.95 bits per heavy atom. The van der Waals surface area contributed by atoms with E-state index in [0.717, 1.165) is 24.2 Å². The SMILES string of the molecule is Cc1cc(CN(C)C2CC3CCC(C2)N3)ccc1F. The van der Waals surface area contributed by atoms with Crippen LogP contribution in [0.25, 0.3) is 0 Å². The first kappa shape index (κ1) is 13.1. The fraction of sp³-hybridized carbons (Fsp3) is 0.625. The molecule has 0 radical (unpaired) electrons. The molecule has 0 saturated carbocycles. The first-order valence-corrected chi connectivity index (χ1v) is 7.33. The summed E-state index contributed by atoms with van der Waals surface area (Å²) in [5.74, 6) is -0.105. The Kier molecular flexibility index (Phi) is 3.59. The normalized spacial score (nSPS) is 30.0. The van der Waals surface area contributed by atoms with Crippen LogP contribution in [-0.4, -0.2) is 30.1 Å². The number of fused-ring (bicyclic) bond motifs is 2. The molecule has 2 unspecified atom stereocenters. The van der Waals surface area contributed by atoms with Gasteiger partial charge in [-0.15, -0.1) is 0 Å². The molecule has 2 aliphatic rings. The van der Waals surface area contributed by atoms with Gasteiger partial charge in [0.15, 0.2) is 0 Å². The fourth-order valence-corrected chi connectivity index (χ4v) is 3.61. The van der Waals surface area contributed by atoms with E-state index in [-0.39, 0.29) is 5.82 Å². The van der Waals surface area contributed by atoms with E-state index in [0.29, 0.717) is 6.04 Å². The quantitative estimate of drug-likeness (QED) is 0.901. The maximum atomic E-state index is 13.3. The van der Waals surface area contributed by atoms with Crippen molar-refractivity contribution in [3.05, 3.63) is 35.1 Å². The van der Waals surface area contributed by atoms with E-state index in [2.05, 4.69) is 17.3 Å². The van der Waals surface area contributed by atoms with E-state index in [4.69, 9.17) is 0 Å². The molecular weight excluding hydrogens is 239 g/mol. The molecule has 0 aromatic heterocycles. The van der Waals surface area contributed by atoms with Crippen LogP contribution in [0.2, 0.25) is 0 Å². The molecule has 2 fully saturated rings. The number of halogens is 1. The highest BCUT2D eigenvalue weighted by molar-refractivity contribution is 5.23. The first-order chi connectivity index (χ1) is 9.11. The molecule has 2 nitrogen and oxygen atoms in total. The summed E-state index contributed by atoms with van der Waals surface area (Å²) in [6.07, 6.45) is 5.19. The van der Waals surface area contributed by atoms with E-state index in [1.807, 2.05) is 19.1 Å². The summed E-state index contributed by atoms with van der Waals surface area (Å²) in [5, 5.41) is 3.68. The van der Waals surface area contributed by atoms with Gasteiger partial charge in [0, 0.05) is 24.7 Å². The van der Waals surface area contributed by atoms with Crippen LogP contribution < -0.4 is 5.32 Å². The Balaban J connectivity index is 1.64. The highest BCUT2D eigenvalue weighted by Crippen LogP contribution is 2.29. The molecule has 2 saturated heterocycles. The van der Waals surface area contributed by atoms with E-state index in [1.54, 1.807) is 6.07 Å². The minimum atomic E-state index is -0.105. The zero-order valence-electron chi connectivity index (χ0n) is 11.8. The molecule has 104 valence electrons. The molecular formula is C16H23FN2. The topological polar surface area (TPSA) is 15.3 Å². The lowest BCUT2D eigenvalue weighted by molar-refractivity contribution is 0.166. The van der Waals surface area contributed by atoms with Crippen molar-refractivity contribution < 1.29 is 4.39 Å². The van der Waals surface area contributed by atoms with E-state index in [1.165, 1.54) is 31.2 Å². The van der Waals surface area contributed by atoms with Crippen LogP contribution >= 0.6 is 0 Å².